The predicted octanol–water partition coefficient (Wildman–Crippen LogP) is 2.44. The summed E-state index contributed by atoms with van der Waals surface area (Å²) >= 11 is 1.79. The average Bonchev–Trinajstić information content (AvgIpc) is 2.04. The van der Waals surface area contributed by atoms with Crippen LogP contribution in [0.2, 0.25) is 0 Å². The first kappa shape index (κ1) is 7.86. The van der Waals surface area contributed by atoms with Crippen LogP contribution in [-0.2, 0) is 0 Å². The van der Waals surface area contributed by atoms with Crippen molar-refractivity contribution < 1.29 is 3.98 Å². The van der Waals surface area contributed by atoms with Crippen LogP contribution in [0.5, 0.6) is 0 Å². The molecule has 2 heteroatoms. The number of hydrogen-bond acceptors (Lipinski definition) is 1. The standard InChI is InChI=1S/C8H14NS/c1-7-4-5-8(2)9(3)10-6-7/h6H,4-5H2,1-3H3/q+1. The van der Waals surface area contributed by atoms with Crippen molar-refractivity contribution >= 4 is 17.7 Å². The SMILES string of the molecule is CC1=CS[N+](C)=C(C)CC1. The molecule has 0 aromatic rings. The molecule has 0 amide bonds. The van der Waals surface area contributed by atoms with Crippen molar-refractivity contribution in [3.05, 3.63) is 11.0 Å². The van der Waals surface area contributed by atoms with E-state index in [0.29, 0.717) is 0 Å². The van der Waals surface area contributed by atoms with Gasteiger partial charge in [-0.2, -0.15) is 3.98 Å². The third-order valence-corrected chi connectivity index (χ3v) is 2.97. The molecule has 1 aliphatic heterocycles. The van der Waals surface area contributed by atoms with Crippen molar-refractivity contribution in [3.8, 4) is 0 Å². The molecule has 1 nitrogen and oxygen atoms in total. The smallest absolute Gasteiger partial charge is 0.166 e. The largest absolute Gasteiger partial charge is 0.188 e. The average molecular weight is 156 g/mol. The minimum atomic E-state index is 1.21. The normalized spacial score (nSPS) is 20.5. The van der Waals surface area contributed by atoms with Crippen LogP contribution in [0.3, 0.4) is 0 Å². The van der Waals surface area contributed by atoms with Gasteiger partial charge in [-0.15, -0.1) is 0 Å². The summed E-state index contributed by atoms with van der Waals surface area (Å²) in [7, 11) is 2.12. The van der Waals surface area contributed by atoms with Crippen LogP contribution in [0.4, 0.5) is 0 Å². The Labute approximate surface area is 67.0 Å². The Bertz CT molecular complexity index is 191. The molecule has 0 N–H and O–H groups in total. The first-order valence-corrected chi connectivity index (χ1v) is 4.42. The van der Waals surface area contributed by atoms with Gasteiger partial charge < -0.3 is 0 Å². The summed E-state index contributed by atoms with van der Waals surface area (Å²) in [6, 6.07) is 0. The first-order chi connectivity index (χ1) is 4.70. The van der Waals surface area contributed by atoms with Crippen LogP contribution >= 0.6 is 11.9 Å². The lowest BCUT2D eigenvalue weighted by Crippen LogP contribution is -2.04. The van der Waals surface area contributed by atoms with Gasteiger partial charge in [-0.05, 0) is 13.3 Å². The topological polar surface area (TPSA) is 3.01 Å². The van der Waals surface area contributed by atoms with E-state index in [1.807, 2.05) is 0 Å². The Hall–Kier alpha value is -0.240. The number of rotatable bonds is 0. The van der Waals surface area contributed by atoms with Gasteiger partial charge in [0, 0.05) is 18.8 Å². The van der Waals surface area contributed by atoms with Crippen LogP contribution in [-0.4, -0.2) is 16.7 Å². The molecule has 0 unspecified atom stereocenters. The van der Waals surface area contributed by atoms with E-state index >= 15 is 0 Å². The molecule has 0 bridgehead atoms. The van der Waals surface area contributed by atoms with Gasteiger partial charge in [-0.3, -0.25) is 0 Å². The van der Waals surface area contributed by atoms with Crippen molar-refractivity contribution in [3.63, 3.8) is 0 Å². The second kappa shape index (κ2) is 3.24. The Balaban J connectivity index is 2.70. The van der Waals surface area contributed by atoms with E-state index in [1.165, 1.54) is 24.1 Å². The van der Waals surface area contributed by atoms with E-state index in [-0.39, 0.29) is 0 Å². The van der Waals surface area contributed by atoms with Crippen molar-refractivity contribution in [2.45, 2.75) is 26.7 Å². The predicted molar refractivity (Wildman–Crippen MR) is 47.4 cm³/mol. The van der Waals surface area contributed by atoms with Crippen molar-refractivity contribution in [1.29, 1.82) is 0 Å². The molecule has 0 aromatic carbocycles. The van der Waals surface area contributed by atoms with E-state index in [4.69, 9.17) is 0 Å². The lowest BCUT2D eigenvalue weighted by Gasteiger charge is -1.92. The van der Waals surface area contributed by atoms with Crippen LogP contribution in [0.25, 0.3) is 0 Å². The highest BCUT2D eigenvalue weighted by molar-refractivity contribution is 7.96. The van der Waals surface area contributed by atoms with Crippen LogP contribution in [0.1, 0.15) is 26.7 Å². The molecule has 0 saturated carbocycles. The van der Waals surface area contributed by atoms with Crippen molar-refractivity contribution in [2.24, 2.45) is 0 Å². The van der Waals surface area contributed by atoms with Crippen LogP contribution in [0, 0.1) is 0 Å². The zero-order valence-electron chi connectivity index (χ0n) is 6.85. The van der Waals surface area contributed by atoms with Crippen molar-refractivity contribution in [1.82, 2.24) is 0 Å². The molecule has 0 fully saturated rings. The zero-order valence-corrected chi connectivity index (χ0v) is 7.66. The second-order valence-electron chi connectivity index (χ2n) is 2.80. The molecule has 0 radical (unpaired) electrons. The van der Waals surface area contributed by atoms with E-state index in [9.17, 15) is 0 Å². The van der Waals surface area contributed by atoms with Gasteiger partial charge in [-0.25, -0.2) is 0 Å². The molecule has 0 atom stereocenters. The van der Waals surface area contributed by atoms with E-state index in [2.05, 4.69) is 30.3 Å². The summed E-state index contributed by atoms with van der Waals surface area (Å²) in [5.41, 5.74) is 2.96. The molecule has 0 spiro atoms. The molecule has 0 aromatic heterocycles. The summed E-state index contributed by atoms with van der Waals surface area (Å²) in [6.07, 6.45) is 2.44. The Kier molecular flexibility index (Phi) is 2.55. The fourth-order valence-electron chi connectivity index (χ4n) is 0.853. The van der Waals surface area contributed by atoms with Gasteiger partial charge in [0.15, 0.2) is 17.7 Å². The summed E-state index contributed by atoms with van der Waals surface area (Å²) < 4.78 is 2.23. The fourth-order valence-corrected chi connectivity index (χ4v) is 1.58. The molecule has 56 valence electrons. The Morgan fingerprint density at radius 1 is 1.40 bits per heavy atom. The highest BCUT2D eigenvalue weighted by atomic mass is 32.2. The minimum Gasteiger partial charge on any atom is -0.166 e. The van der Waals surface area contributed by atoms with Crippen LogP contribution in [0.15, 0.2) is 11.0 Å². The van der Waals surface area contributed by atoms with Crippen molar-refractivity contribution in [2.75, 3.05) is 7.05 Å². The van der Waals surface area contributed by atoms with E-state index < -0.39 is 0 Å². The molecule has 1 heterocycles. The minimum absolute atomic E-state index is 1.21. The lowest BCUT2D eigenvalue weighted by molar-refractivity contribution is -0.307. The van der Waals surface area contributed by atoms with Gasteiger partial charge in [0.25, 0.3) is 0 Å². The van der Waals surface area contributed by atoms with Gasteiger partial charge >= 0.3 is 0 Å². The number of allylic oxidation sites excluding steroid dienone is 1. The number of nitrogens with zero attached hydrogens (tertiary/aromatic N) is 1. The van der Waals surface area contributed by atoms with Gasteiger partial charge in [0.05, 0.1) is 0 Å². The van der Waals surface area contributed by atoms with E-state index in [0.717, 1.165) is 0 Å². The van der Waals surface area contributed by atoms with Gasteiger partial charge in [0.1, 0.15) is 7.05 Å². The highest BCUT2D eigenvalue weighted by Gasteiger charge is 2.09. The summed E-state index contributed by atoms with van der Waals surface area (Å²) in [4.78, 5) is 0. The second-order valence-corrected chi connectivity index (χ2v) is 3.80. The Morgan fingerprint density at radius 2 is 2.10 bits per heavy atom. The Morgan fingerprint density at radius 3 is 2.80 bits per heavy atom. The fraction of sp³-hybridized carbons (Fsp3) is 0.625. The maximum absolute atomic E-state index is 2.23. The first-order valence-electron chi connectivity index (χ1n) is 3.58. The van der Waals surface area contributed by atoms with Gasteiger partial charge in [-0.1, -0.05) is 5.57 Å². The summed E-state index contributed by atoms with van der Waals surface area (Å²) in [5.74, 6) is 0. The summed E-state index contributed by atoms with van der Waals surface area (Å²) in [6.45, 7) is 4.39. The third kappa shape index (κ3) is 1.87. The van der Waals surface area contributed by atoms with Gasteiger partial charge in [0.2, 0.25) is 0 Å². The molecule has 10 heavy (non-hydrogen) atoms. The molecule has 0 aliphatic carbocycles. The molecular weight excluding hydrogens is 142 g/mol. The summed E-state index contributed by atoms with van der Waals surface area (Å²) in [5, 5.41) is 2.23. The molecular formula is C8H14NS+. The maximum Gasteiger partial charge on any atom is 0.188 e. The number of hydrogen-bond donors (Lipinski definition) is 0. The molecule has 1 aliphatic rings. The molecule has 0 saturated heterocycles. The molecule has 1 rings (SSSR count). The third-order valence-electron chi connectivity index (χ3n) is 1.83. The monoisotopic (exact) mass is 156 g/mol. The quantitative estimate of drug-likeness (QED) is 0.384. The highest BCUT2D eigenvalue weighted by Crippen LogP contribution is 2.17. The van der Waals surface area contributed by atoms with E-state index in [1.54, 1.807) is 11.9 Å². The van der Waals surface area contributed by atoms with Crippen LogP contribution < -0.4 is 0 Å². The zero-order chi connectivity index (χ0) is 7.56. The lowest BCUT2D eigenvalue weighted by atomic mass is 10.1. The maximum atomic E-state index is 2.23.